The Morgan fingerprint density at radius 2 is 1.76 bits per heavy atom. The van der Waals surface area contributed by atoms with E-state index in [1.54, 1.807) is 0 Å². The fourth-order valence-corrected chi connectivity index (χ4v) is 3.42. The van der Waals surface area contributed by atoms with E-state index in [-0.39, 0.29) is 0 Å². The van der Waals surface area contributed by atoms with Gasteiger partial charge in [-0.05, 0) is 57.5 Å². The van der Waals surface area contributed by atoms with Crippen LogP contribution in [0.15, 0.2) is 0 Å². The Morgan fingerprint density at radius 3 is 2.29 bits per heavy atom. The predicted molar refractivity (Wildman–Crippen MR) is 74.2 cm³/mol. The number of rotatable bonds is 4. The molecule has 0 unspecified atom stereocenters. The van der Waals surface area contributed by atoms with Gasteiger partial charge in [-0.25, -0.2) is 0 Å². The van der Waals surface area contributed by atoms with Crippen molar-refractivity contribution >= 4 is 0 Å². The van der Waals surface area contributed by atoms with E-state index in [0.717, 1.165) is 23.8 Å². The molecular formula is C15H30N2. The molecule has 0 aromatic rings. The largest absolute Gasteiger partial charge is 0.303 e. The van der Waals surface area contributed by atoms with E-state index in [4.69, 9.17) is 0 Å². The lowest BCUT2D eigenvalue weighted by Gasteiger charge is -2.23. The molecule has 2 saturated heterocycles. The molecule has 2 rings (SSSR count). The topological polar surface area (TPSA) is 6.48 Å². The lowest BCUT2D eigenvalue weighted by molar-refractivity contribution is 0.231. The van der Waals surface area contributed by atoms with Crippen molar-refractivity contribution < 1.29 is 0 Å². The Morgan fingerprint density at radius 1 is 1.00 bits per heavy atom. The monoisotopic (exact) mass is 238 g/mol. The highest BCUT2D eigenvalue weighted by Crippen LogP contribution is 2.26. The Balaban J connectivity index is 1.73. The smallest absolute Gasteiger partial charge is 0.00387 e. The zero-order valence-electron chi connectivity index (χ0n) is 12.2. The molecule has 17 heavy (non-hydrogen) atoms. The minimum Gasteiger partial charge on any atom is -0.303 e. The van der Waals surface area contributed by atoms with Crippen LogP contribution in [0.2, 0.25) is 0 Å². The van der Waals surface area contributed by atoms with E-state index < -0.39 is 0 Å². The summed E-state index contributed by atoms with van der Waals surface area (Å²) < 4.78 is 0. The van der Waals surface area contributed by atoms with Crippen LogP contribution in [0.5, 0.6) is 0 Å². The summed E-state index contributed by atoms with van der Waals surface area (Å²) in [5.74, 6) is 2.76. The third-order valence-electron chi connectivity index (χ3n) is 4.82. The maximum Gasteiger partial charge on any atom is 0.00387 e. The van der Waals surface area contributed by atoms with Gasteiger partial charge in [0.25, 0.3) is 0 Å². The summed E-state index contributed by atoms with van der Waals surface area (Å²) in [6.07, 6.45) is 2.85. The summed E-state index contributed by atoms with van der Waals surface area (Å²) in [5, 5.41) is 0. The number of nitrogens with zero attached hydrogens (tertiary/aromatic N) is 2. The molecule has 0 aromatic heterocycles. The second kappa shape index (κ2) is 5.71. The fourth-order valence-electron chi connectivity index (χ4n) is 3.42. The van der Waals surface area contributed by atoms with Crippen LogP contribution in [0.25, 0.3) is 0 Å². The Hall–Kier alpha value is -0.0800. The van der Waals surface area contributed by atoms with Crippen LogP contribution < -0.4 is 0 Å². The molecule has 2 heteroatoms. The second-order valence-corrected chi connectivity index (χ2v) is 6.80. The predicted octanol–water partition coefficient (Wildman–Crippen LogP) is 2.69. The van der Waals surface area contributed by atoms with Crippen LogP contribution in [0.4, 0.5) is 0 Å². The standard InChI is InChI=1S/C15H30N2/c1-12(2)15-6-7-16(11-15)9-14-5-8-17(10-14)13(3)4/h12-15H,5-11H2,1-4H3/t14-,15+/m0/s1. The van der Waals surface area contributed by atoms with Gasteiger partial charge in [-0.2, -0.15) is 0 Å². The number of hydrogen-bond acceptors (Lipinski definition) is 2. The van der Waals surface area contributed by atoms with Crippen LogP contribution in [-0.2, 0) is 0 Å². The average Bonchev–Trinajstić information content (AvgIpc) is 2.87. The highest BCUT2D eigenvalue weighted by Gasteiger charge is 2.30. The third kappa shape index (κ3) is 3.45. The molecule has 0 aliphatic carbocycles. The van der Waals surface area contributed by atoms with Crippen molar-refractivity contribution in [3.8, 4) is 0 Å². The quantitative estimate of drug-likeness (QED) is 0.743. The van der Waals surface area contributed by atoms with Gasteiger partial charge in [0.05, 0.1) is 0 Å². The molecule has 100 valence electrons. The van der Waals surface area contributed by atoms with Crippen LogP contribution in [0.1, 0.15) is 40.5 Å². The van der Waals surface area contributed by atoms with Crippen molar-refractivity contribution in [3.05, 3.63) is 0 Å². The summed E-state index contributed by atoms with van der Waals surface area (Å²) in [5.41, 5.74) is 0. The molecule has 2 aliphatic rings. The zero-order valence-corrected chi connectivity index (χ0v) is 12.2. The summed E-state index contributed by atoms with van der Waals surface area (Å²) in [6.45, 7) is 16.1. The summed E-state index contributed by atoms with van der Waals surface area (Å²) in [6, 6.07) is 0.738. The molecule has 2 aliphatic heterocycles. The van der Waals surface area contributed by atoms with E-state index in [2.05, 4.69) is 37.5 Å². The highest BCUT2D eigenvalue weighted by molar-refractivity contribution is 4.84. The van der Waals surface area contributed by atoms with Gasteiger partial charge in [-0.3, -0.25) is 0 Å². The molecule has 0 amide bonds. The van der Waals surface area contributed by atoms with Crippen molar-refractivity contribution in [3.63, 3.8) is 0 Å². The van der Waals surface area contributed by atoms with Gasteiger partial charge >= 0.3 is 0 Å². The van der Waals surface area contributed by atoms with E-state index in [9.17, 15) is 0 Å². The van der Waals surface area contributed by atoms with Crippen LogP contribution in [0, 0.1) is 17.8 Å². The van der Waals surface area contributed by atoms with Crippen molar-refractivity contribution in [2.75, 3.05) is 32.7 Å². The lowest BCUT2D eigenvalue weighted by atomic mass is 9.95. The zero-order chi connectivity index (χ0) is 12.4. The van der Waals surface area contributed by atoms with Gasteiger partial charge < -0.3 is 9.80 Å². The first kappa shape index (κ1) is 13.4. The first-order chi connectivity index (χ1) is 8.06. The molecule has 2 heterocycles. The molecule has 0 saturated carbocycles. The van der Waals surface area contributed by atoms with Crippen LogP contribution in [-0.4, -0.2) is 48.6 Å². The Bertz CT molecular complexity index is 213. The minimum atomic E-state index is 0.738. The molecular weight excluding hydrogens is 208 g/mol. The van der Waals surface area contributed by atoms with Crippen LogP contribution >= 0.6 is 0 Å². The first-order valence-electron chi connectivity index (χ1n) is 7.52. The molecule has 0 aromatic carbocycles. The van der Waals surface area contributed by atoms with Gasteiger partial charge in [0.1, 0.15) is 0 Å². The molecule has 0 radical (unpaired) electrons. The van der Waals surface area contributed by atoms with E-state index in [1.165, 1.54) is 45.6 Å². The maximum atomic E-state index is 2.72. The molecule has 2 nitrogen and oxygen atoms in total. The van der Waals surface area contributed by atoms with E-state index >= 15 is 0 Å². The highest BCUT2D eigenvalue weighted by atomic mass is 15.2. The summed E-state index contributed by atoms with van der Waals surface area (Å²) in [4.78, 5) is 5.36. The minimum absolute atomic E-state index is 0.738. The van der Waals surface area contributed by atoms with Gasteiger partial charge in [0.15, 0.2) is 0 Å². The fraction of sp³-hybridized carbons (Fsp3) is 1.00. The van der Waals surface area contributed by atoms with Crippen molar-refractivity contribution in [2.24, 2.45) is 17.8 Å². The van der Waals surface area contributed by atoms with Gasteiger partial charge in [0.2, 0.25) is 0 Å². The normalized spacial score (nSPS) is 32.1. The first-order valence-corrected chi connectivity index (χ1v) is 7.52. The SMILES string of the molecule is CC(C)[C@@H]1CCN(C[C@@H]2CCN(C(C)C)C2)C1. The summed E-state index contributed by atoms with van der Waals surface area (Å²) >= 11 is 0. The third-order valence-corrected chi connectivity index (χ3v) is 4.82. The van der Waals surface area contributed by atoms with Gasteiger partial charge in [-0.15, -0.1) is 0 Å². The Labute approximate surface area is 107 Å². The molecule has 0 spiro atoms. The van der Waals surface area contributed by atoms with Crippen molar-refractivity contribution in [2.45, 2.75) is 46.6 Å². The molecule has 2 fully saturated rings. The van der Waals surface area contributed by atoms with E-state index in [1.807, 2.05) is 0 Å². The molecule has 0 bridgehead atoms. The average molecular weight is 238 g/mol. The molecule has 0 N–H and O–H groups in total. The second-order valence-electron chi connectivity index (χ2n) is 6.80. The van der Waals surface area contributed by atoms with Crippen LogP contribution in [0.3, 0.4) is 0 Å². The molecule has 2 atom stereocenters. The van der Waals surface area contributed by atoms with E-state index in [0.29, 0.717) is 0 Å². The summed E-state index contributed by atoms with van der Waals surface area (Å²) in [7, 11) is 0. The number of hydrogen-bond donors (Lipinski definition) is 0. The lowest BCUT2D eigenvalue weighted by Crippen LogP contribution is -2.32. The van der Waals surface area contributed by atoms with Gasteiger partial charge in [0, 0.05) is 25.7 Å². The maximum absolute atomic E-state index is 2.72. The van der Waals surface area contributed by atoms with Crippen molar-refractivity contribution in [1.29, 1.82) is 0 Å². The Kier molecular flexibility index (Phi) is 4.48. The number of likely N-dealkylation sites (tertiary alicyclic amines) is 2. The van der Waals surface area contributed by atoms with Gasteiger partial charge in [-0.1, -0.05) is 13.8 Å². The van der Waals surface area contributed by atoms with Crippen molar-refractivity contribution in [1.82, 2.24) is 9.80 Å².